The Bertz CT molecular complexity index is 1200. The standard InChI is InChI=1S/C26H27FN2O4/c1-4-13-28(26(32)18(2)3)16-24(30)29(14-19-9-11-21(27)12-10-19)15-20-17-33-23-8-6-5-7-22(23)25(20)31/h4-12,17-18H,1,13-16H2,2-3H3. The average Bonchev–Trinajstić information content (AvgIpc) is 2.80. The molecule has 172 valence electrons. The summed E-state index contributed by atoms with van der Waals surface area (Å²) in [7, 11) is 0. The van der Waals surface area contributed by atoms with Crippen LogP contribution in [-0.2, 0) is 22.7 Å². The Hall–Kier alpha value is -3.74. The van der Waals surface area contributed by atoms with Crippen LogP contribution in [0.15, 0.2) is 76.7 Å². The Morgan fingerprint density at radius 2 is 1.76 bits per heavy atom. The second kappa shape index (κ2) is 10.7. The van der Waals surface area contributed by atoms with Gasteiger partial charge in [0.2, 0.25) is 11.8 Å². The van der Waals surface area contributed by atoms with Gasteiger partial charge in [-0.15, -0.1) is 6.58 Å². The normalized spacial score (nSPS) is 10.9. The van der Waals surface area contributed by atoms with E-state index in [-0.39, 0.29) is 55.2 Å². The topological polar surface area (TPSA) is 70.8 Å². The van der Waals surface area contributed by atoms with E-state index in [1.54, 1.807) is 56.3 Å². The van der Waals surface area contributed by atoms with Gasteiger partial charge in [-0.05, 0) is 29.8 Å². The van der Waals surface area contributed by atoms with Crippen molar-refractivity contribution in [3.05, 3.63) is 94.6 Å². The predicted molar refractivity (Wildman–Crippen MR) is 125 cm³/mol. The second-order valence-corrected chi connectivity index (χ2v) is 8.12. The number of benzene rings is 2. The molecule has 0 aliphatic carbocycles. The zero-order valence-corrected chi connectivity index (χ0v) is 18.8. The highest BCUT2D eigenvalue weighted by Crippen LogP contribution is 2.15. The van der Waals surface area contributed by atoms with Crippen molar-refractivity contribution < 1.29 is 18.4 Å². The predicted octanol–water partition coefficient (Wildman–Crippen LogP) is 4.13. The van der Waals surface area contributed by atoms with E-state index < -0.39 is 0 Å². The lowest BCUT2D eigenvalue weighted by Crippen LogP contribution is -2.44. The number of carbonyl (C=O) groups is 2. The van der Waals surface area contributed by atoms with Crippen LogP contribution in [0, 0.1) is 11.7 Å². The number of carbonyl (C=O) groups excluding carboxylic acids is 2. The SMILES string of the molecule is C=CCN(CC(=O)N(Cc1ccc(F)cc1)Cc1coc2ccccc2c1=O)C(=O)C(C)C. The molecule has 6 nitrogen and oxygen atoms in total. The molecule has 0 saturated heterocycles. The van der Waals surface area contributed by atoms with Gasteiger partial charge in [0.15, 0.2) is 5.43 Å². The summed E-state index contributed by atoms with van der Waals surface area (Å²) in [4.78, 5) is 41.7. The molecule has 0 bridgehead atoms. The number of amides is 2. The minimum atomic E-state index is -0.383. The van der Waals surface area contributed by atoms with Crippen molar-refractivity contribution in [2.24, 2.45) is 5.92 Å². The molecule has 0 aliphatic heterocycles. The first-order valence-electron chi connectivity index (χ1n) is 10.7. The van der Waals surface area contributed by atoms with E-state index in [1.807, 2.05) is 0 Å². The molecule has 0 aliphatic rings. The van der Waals surface area contributed by atoms with Crippen molar-refractivity contribution in [3.63, 3.8) is 0 Å². The Kier molecular flexibility index (Phi) is 7.77. The molecule has 0 N–H and O–H groups in total. The van der Waals surface area contributed by atoms with Crippen LogP contribution in [0.1, 0.15) is 25.0 Å². The van der Waals surface area contributed by atoms with Crippen LogP contribution in [-0.4, -0.2) is 34.7 Å². The summed E-state index contributed by atoms with van der Waals surface area (Å²) in [6.45, 7) is 7.39. The second-order valence-electron chi connectivity index (χ2n) is 8.12. The van der Waals surface area contributed by atoms with Crippen LogP contribution < -0.4 is 5.43 Å². The van der Waals surface area contributed by atoms with E-state index in [4.69, 9.17) is 4.42 Å². The van der Waals surface area contributed by atoms with E-state index >= 15 is 0 Å². The fraction of sp³-hybridized carbons (Fsp3) is 0.269. The number of hydrogen-bond donors (Lipinski definition) is 0. The number of para-hydroxylation sites is 1. The summed E-state index contributed by atoms with van der Waals surface area (Å²) in [5.41, 5.74) is 1.24. The van der Waals surface area contributed by atoms with Gasteiger partial charge in [-0.2, -0.15) is 0 Å². The molecular weight excluding hydrogens is 423 g/mol. The summed E-state index contributed by atoms with van der Waals surface area (Å²) in [6.07, 6.45) is 2.92. The quantitative estimate of drug-likeness (QED) is 0.460. The van der Waals surface area contributed by atoms with Crippen molar-refractivity contribution in [1.29, 1.82) is 0 Å². The first-order chi connectivity index (χ1) is 15.8. The zero-order chi connectivity index (χ0) is 24.0. The highest BCUT2D eigenvalue weighted by molar-refractivity contribution is 5.86. The highest BCUT2D eigenvalue weighted by atomic mass is 19.1. The van der Waals surface area contributed by atoms with Crippen LogP contribution in [0.25, 0.3) is 11.0 Å². The maximum atomic E-state index is 13.4. The lowest BCUT2D eigenvalue weighted by molar-refractivity contribution is -0.142. The maximum absolute atomic E-state index is 13.4. The maximum Gasteiger partial charge on any atom is 0.242 e. The van der Waals surface area contributed by atoms with Gasteiger partial charge >= 0.3 is 0 Å². The van der Waals surface area contributed by atoms with Crippen LogP contribution in [0.5, 0.6) is 0 Å². The lowest BCUT2D eigenvalue weighted by Gasteiger charge is -2.28. The van der Waals surface area contributed by atoms with Crippen molar-refractivity contribution in [3.8, 4) is 0 Å². The third-order valence-electron chi connectivity index (χ3n) is 5.23. The molecule has 0 fully saturated rings. The number of nitrogens with zero attached hydrogens (tertiary/aromatic N) is 2. The van der Waals surface area contributed by atoms with Crippen molar-refractivity contribution >= 4 is 22.8 Å². The molecule has 33 heavy (non-hydrogen) atoms. The zero-order valence-electron chi connectivity index (χ0n) is 18.8. The molecule has 3 rings (SSSR count). The average molecular weight is 451 g/mol. The smallest absolute Gasteiger partial charge is 0.242 e. The van der Waals surface area contributed by atoms with Gasteiger partial charge in [0.05, 0.1) is 23.8 Å². The summed E-state index contributed by atoms with van der Waals surface area (Å²) in [6, 6.07) is 12.7. The minimum Gasteiger partial charge on any atom is -0.464 e. The molecular formula is C26H27FN2O4. The monoisotopic (exact) mass is 450 g/mol. The number of rotatable bonds is 9. The molecule has 7 heteroatoms. The van der Waals surface area contributed by atoms with Crippen LogP contribution in [0.3, 0.4) is 0 Å². The number of hydrogen-bond acceptors (Lipinski definition) is 4. The minimum absolute atomic E-state index is 0.0127. The number of fused-ring (bicyclic) bond motifs is 1. The van der Waals surface area contributed by atoms with E-state index in [2.05, 4.69) is 6.58 Å². The molecule has 2 aromatic carbocycles. The van der Waals surface area contributed by atoms with Gasteiger partial charge in [-0.25, -0.2) is 4.39 Å². The van der Waals surface area contributed by atoms with Crippen LogP contribution in [0.4, 0.5) is 4.39 Å². The van der Waals surface area contributed by atoms with E-state index in [9.17, 15) is 18.8 Å². The van der Waals surface area contributed by atoms with Gasteiger partial charge in [-0.1, -0.05) is 44.2 Å². The van der Waals surface area contributed by atoms with Crippen molar-refractivity contribution in [2.45, 2.75) is 26.9 Å². The molecule has 2 amide bonds. The lowest BCUT2D eigenvalue weighted by atomic mass is 10.1. The molecule has 0 saturated carbocycles. The molecule has 1 aromatic heterocycles. The summed E-state index contributed by atoms with van der Waals surface area (Å²) < 4.78 is 19.0. The third kappa shape index (κ3) is 5.94. The summed E-state index contributed by atoms with van der Waals surface area (Å²) in [5, 5.41) is 0.424. The van der Waals surface area contributed by atoms with Crippen molar-refractivity contribution in [2.75, 3.05) is 13.1 Å². The van der Waals surface area contributed by atoms with Crippen molar-refractivity contribution in [1.82, 2.24) is 9.80 Å². The van der Waals surface area contributed by atoms with Gasteiger partial charge < -0.3 is 14.2 Å². The Balaban J connectivity index is 1.91. The highest BCUT2D eigenvalue weighted by Gasteiger charge is 2.23. The Labute approximate surface area is 191 Å². The third-order valence-corrected chi connectivity index (χ3v) is 5.23. The number of halogens is 1. The van der Waals surface area contributed by atoms with E-state index in [0.29, 0.717) is 22.1 Å². The molecule has 1 heterocycles. The molecule has 3 aromatic rings. The molecule has 0 atom stereocenters. The first kappa shape index (κ1) is 23.9. The molecule has 0 radical (unpaired) electrons. The fourth-order valence-electron chi connectivity index (χ4n) is 3.49. The fourth-order valence-corrected chi connectivity index (χ4v) is 3.49. The van der Waals surface area contributed by atoms with E-state index in [1.165, 1.54) is 28.2 Å². The largest absolute Gasteiger partial charge is 0.464 e. The molecule has 0 spiro atoms. The summed E-state index contributed by atoms with van der Waals surface area (Å²) >= 11 is 0. The Morgan fingerprint density at radius 1 is 1.06 bits per heavy atom. The van der Waals surface area contributed by atoms with Crippen LogP contribution in [0.2, 0.25) is 0 Å². The van der Waals surface area contributed by atoms with Gasteiger partial charge in [-0.3, -0.25) is 14.4 Å². The van der Waals surface area contributed by atoms with Crippen LogP contribution >= 0.6 is 0 Å². The van der Waals surface area contributed by atoms with E-state index in [0.717, 1.165) is 0 Å². The first-order valence-corrected chi connectivity index (χ1v) is 10.7. The van der Waals surface area contributed by atoms with Gasteiger partial charge in [0.25, 0.3) is 0 Å². The molecule has 0 unspecified atom stereocenters. The summed E-state index contributed by atoms with van der Waals surface area (Å²) in [5.74, 6) is -1.18. The Morgan fingerprint density at radius 3 is 2.42 bits per heavy atom. The van der Waals surface area contributed by atoms with Gasteiger partial charge in [0.1, 0.15) is 17.9 Å². The van der Waals surface area contributed by atoms with Gasteiger partial charge in [0, 0.05) is 19.0 Å².